The smallest absolute Gasteiger partial charge is 0.101 e. The number of hydrogen-bond acceptors (Lipinski definition) is 3. The largest absolute Gasteiger partial charge is 0.378 e. The summed E-state index contributed by atoms with van der Waals surface area (Å²) in [5.41, 5.74) is 3.62. The van der Waals surface area contributed by atoms with E-state index in [1.165, 1.54) is 0 Å². The number of hydrogen-bond donors (Lipinski definition) is 1. The molecule has 19 heavy (non-hydrogen) atoms. The van der Waals surface area contributed by atoms with Crippen molar-refractivity contribution in [3.8, 4) is 6.07 Å². The maximum absolute atomic E-state index is 9.05. The number of aromatic nitrogens is 2. The molecule has 1 heterocycles. The summed E-state index contributed by atoms with van der Waals surface area (Å²) >= 11 is 3.58. The summed E-state index contributed by atoms with van der Waals surface area (Å²) in [4.78, 5) is 0. The standard InChI is InChI=1S/C14H15BrN4/c1-3-11-14(15)13(19(2)18-11)9-17-12-7-5-4-6-10(12)8-16/h4-7,17H,3,9H2,1-2H3. The predicted molar refractivity (Wildman–Crippen MR) is 78.8 cm³/mol. The van der Waals surface area contributed by atoms with Crippen molar-refractivity contribution in [2.24, 2.45) is 7.05 Å². The molecule has 5 heteroatoms. The van der Waals surface area contributed by atoms with Crippen molar-refractivity contribution >= 4 is 21.6 Å². The molecule has 2 aromatic rings. The molecule has 4 nitrogen and oxygen atoms in total. The molecule has 0 unspecified atom stereocenters. The van der Waals surface area contributed by atoms with Gasteiger partial charge in [-0.2, -0.15) is 10.4 Å². The normalized spacial score (nSPS) is 10.2. The monoisotopic (exact) mass is 318 g/mol. The molecule has 1 aromatic carbocycles. The minimum absolute atomic E-state index is 0.628. The van der Waals surface area contributed by atoms with Crippen LogP contribution in [0.2, 0.25) is 0 Å². The number of para-hydroxylation sites is 1. The molecule has 0 amide bonds. The van der Waals surface area contributed by atoms with Gasteiger partial charge in [0.15, 0.2) is 0 Å². The highest BCUT2D eigenvalue weighted by Gasteiger charge is 2.12. The highest BCUT2D eigenvalue weighted by molar-refractivity contribution is 9.10. The molecule has 0 aliphatic heterocycles. The van der Waals surface area contributed by atoms with Crippen LogP contribution in [-0.2, 0) is 20.0 Å². The van der Waals surface area contributed by atoms with Gasteiger partial charge in [0.05, 0.1) is 33.7 Å². The van der Waals surface area contributed by atoms with Crippen LogP contribution < -0.4 is 5.32 Å². The summed E-state index contributed by atoms with van der Waals surface area (Å²) in [6.45, 7) is 2.71. The first-order valence-electron chi connectivity index (χ1n) is 6.10. The van der Waals surface area contributed by atoms with Gasteiger partial charge in [0, 0.05) is 7.05 Å². The number of halogens is 1. The zero-order chi connectivity index (χ0) is 13.8. The highest BCUT2D eigenvalue weighted by Crippen LogP contribution is 2.23. The fourth-order valence-electron chi connectivity index (χ4n) is 1.93. The Labute approximate surface area is 121 Å². The summed E-state index contributed by atoms with van der Waals surface area (Å²) in [6, 6.07) is 9.67. The summed E-state index contributed by atoms with van der Waals surface area (Å²) in [5.74, 6) is 0. The minimum Gasteiger partial charge on any atom is -0.378 e. The second kappa shape index (κ2) is 5.89. The van der Waals surface area contributed by atoms with Gasteiger partial charge in [-0.3, -0.25) is 4.68 Å². The number of rotatable bonds is 4. The van der Waals surface area contributed by atoms with Crippen LogP contribution in [0.4, 0.5) is 5.69 Å². The van der Waals surface area contributed by atoms with Crippen molar-refractivity contribution in [2.75, 3.05) is 5.32 Å². The van der Waals surface area contributed by atoms with Crippen molar-refractivity contribution in [3.63, 3.8) is 0 Å². The van der Waals surface area contributed by atoms with Crippen molar-refractivity contribution < 1.29 is 0 Å². The van der Waals surface area contributed by atoms with Crippen LogP contribution >= 0.6 is 15.9 Å². The Kier molecular flexibility index (Phi) is 4.23. The van der Waals surface area contributed by atoms with Crippen LogP contribution in [0.25, 0.3) is 0 Å². The Hall–Kier alpha value is -1.80. The second-order valence-corrected chi connectivity index (χ2v) is 4.99. The van der Waals surface area contributed by atoms with Crippen LogP contribution in [0.3, 0.4) is 0 Å². The number of nitrogens with one attached hydrogen (secondary N) is 1. The van der Waals surface area contributed by atoms with Crippen molar-refractivity contribution in [1.82, 2.24) is 9.78 Å². The molecular formula is C14H15BrN4. The molecule has 98 valence electrons. The Balaban J connectivity index is 2.20. The molecule has 0 fully saturated rings. The maximum atomic E-state index is 9.05. The predicted octanol–water partition coefficient (Wildman–Crippen LogP) is 3.23. The molecule has 0 bridgehead atoms. The summed E-state index contributed by atoms with van der Waals surface area (Å²) in [7, 11) is 1.93. The minimum atomic E-state index is 0.628. The Morgan fingerprint density at radius 2 is 2.16 bits per heavy atom. The van der Waals surface area contributed by atoms with E-state index in [-0.39, 0.29) is 0 Å². The lowest BCUT2D eigenvalue weighted by Crippen LogP contribution is -2.06. The maximum Gasteiger partial charge on any atom is 0.101 e. The number of nitrogens with zero attached hydrogens (tertiary/aromatic N) is 3. The molecule has 2 rings (SSSR count). The van der Waals surface area contributed by atoms with Crippen LogP contribution in [0.5, 0.6) is 0 Å². The average molecular weight is 319 g/mol. The first kappa shape index (κ1) is 13.6. The first-order chi connectivity index (χ1) is 9.17. The third-order valence-corrected chi connectivity index (χ3v) is 3.91. The van der Waals surface area contributed by atoms with E-state index in [0.717, 1.165) is 28.0 Å². The van der Waals surface area contributed by atoms with Gasteiger partial charge in [0.2, 0.25) is 0 Å². The van der Waals surface area contributed by atoms with Crippen LogP contribution in [0.15, 0.2) is 28.7 Å². The van der Waals surface area contributed by atoms with Gasteiger partial charge >= 0.3 is 0 Å². The van der Waals surface area contributed by atoms with Gasteiger partial charge in [0.25, 0.3) is 0 Å². The van der Waals surface area contributed by atoms with Gasteiger partial charge in [-0.05, 0) is 34.5 Å². The third-order valence-electron chi connectivity index (χ3n) is 3.00. The van der Waals surface area contributed by atoms with E-state index < -0.39 is 0 Å². The highest BCUT2D eigenvalue weighted by atomic mass is 79.9. The molecule has 0 aliphatic rings. The Morgan fingerprint density at radius 3 is 2.79 bits per heavy atom. The van der Waals surface area contributed by atoms with Gasteiger partial charge in [-0.1, -0.05) is 19.1 Å². The summed E-state index contributed by atoms with van der Waals surface area (Å²) in [6.07, 6.45) is 0.892. The first-order valence-corrected chi connectivity index (χ1v) is 6.90. The number of benzene rings is 1. The van der Waals surface area contributed by atoms with E-state index in [1.807, 2.05) is 29.9 Å². The van der Waals surface area contributed by atoms with E-state index in [1.54, 1.807) is 6.07 Å². The van der Waals surface area contributed by atoms with E-state index in [0.29, 0.717) is 12.1 Å². The van der Waals surface area contributed by atoms with Crippen molar-refractivity contribution in [2.45, 2.75) is 19.9 Å². The second-order valence-electron chi connectivity index (χ2n) is 4.20. The van der Waals surface area contributed by atoms with Crippen LogP contribution in [0, 0.1) is 11.3 Å². The Morgan fingerprint density at radius 1 is 1.42 bits per heavy atom. The fraction of sp³-hybridized carbons (Fsp3) is 0.286. The van der Waals surface area contributed by atoms with E-state index in [9.17, 15) is 0 Å². The van der Waals surface area contributed by atoms with E-state index in [4.69, 9.17) is 5.26 Å². The fourth-order valence-corrected chi connectivity index (χ4v) is 2.68. The average Bonchev–Trinajstić information content (AvgIpc) is 2.71. The van der Waals surface area contributed by atoms with Gasteiger partial charge < -0.3 is 5.32 Å². The summed E-state index contributed by atoms with van der Waals surface area (Å²) < 4.78 is 2.91. The molecule has 0 saturated carbocycles. The Bertz CT molecular complexity index is 625. The van der Waals surface area contributed by atoms with Gasteiger partial charge in [0.1, 0.15) is 6.07 Å². The summed E-state index contributed by atoms with van der Waals surface area (Å²) in [5, 5.41) is 16.8. The van der Waals surface area contributed by atoms with Gasteiger partial charge in [-0.25, -0.2) is 0 Å². The van der Waals surface area contributed by atoms with Crippen molar-refractivity contribution in [1.29, 1.82) is 5.26 Å². The number of aryl methyl sites for hydroxylation is 2. The molecule has 0 atom stereocenters. The molecular weight excluding hydrogens is 304 g/mol. The molecule has 0 radical (unpaired) electrons. The molecule has 0 saturated heterocycles. The molecule has 1 N–H and O–H groups in total. The van der Waals surface area contributed by atoms with Crippen LogP contribution in [0.1, 0.15) is 23.9 Å². The van der Waals surface area contributed by atoms with E-state index in [2.05, 4.69) is 39.3 Å². The lowest BCUT2D eigenvalue weighted by molar-refractivity contribution is 0.706. The van der Waals surface area contributed by atoms with Gasteiger partial charge in [-0.15, -0.1) is 0 Å². The molecule has 0 spiro atoms. The lowest BCUT2D eigenvalue weighted by Gasteiger charge is -2.08. The van der Waals surface area contributed by atoms with E-state index >= 15 is 0 Å². The van der Waals surface area contributed by atoms with Crippen molar-refractivity contribution in [3.05, 3.63) is 45.7 Å². The number of nitriles is 1. The lowest BCUT2D eigenvalue weighted by atomic mass is 10.2. The quantitative estimate of drug-likeness (QED) is 0.941. The molecule has 1 aromatic heterocycles. The number of anilines is 1. The SMILES string of the molecule is CCc1nn(C)c(CNc2ccccc2C#N)c1Br. The van der Waals surface area contributed by atoms with Crippen LogP contribution in [-0.4, -0.2) is 9.78 Å². The topological polar surface area (TPSA) is 53.6 Å². The molecule has 0 aliphatic carbocycles. The zero-order valence-corrected chi connectivity index (χ0v) is 12.5. The zero-order valence-electron chi connectivity index (χ0n) is 10.9. The third kappa shape index (κ3) is 2.79.